The third-order valence-corrected chi connectivity index (χ3v) is 2.31. The minimum atomic E-state index is -0.0906. The Bertz CT molecular complexity index is 497. The molecule has 0 bridgehead atoms. The van der Waals surface area contributed by atoms with Gasteiger partial charge in [0, 0.05) is 11.6 Å². The second-order valence-corrected chi connectivity index (χ2v) is 3.31. The van der Waals surface area contributed by atoms with E-state index in [1.54, 1.807) is 6.20 Å². The zero-order valence-corrected chi connectivity index (χ0v) is 7.94. The van der Waals surface area contributed by atoms with Gasteiger partial charge in [0.05, 0.1) is 17.5 Å². The van der Waals surface area contributed by atoms with Gasteiger partial charge in [-0.2, -0.15) is 5.26 Å². The Kier molecular flexibility index (Phi) is 2.16. The predicted molar refractivity (Wildman–Crippen MR) is 55.8 cm³/mol. The van der Waals surface area contributed by atoms with Crippen LogP contribution < -0.4 is 0 Å². The van der Waals surface area contributed by atoms with Crippen molar-refractivity contribution in [2.45, 2.75) is 12.8 Å². The maximum atomic E-state index is 8.78. The van der Waals surface area contributed by atoms with Crippen LogP contribution in [0.3, 0.4) is 0 Å². The van der Waals surface area contributed by atoms with E-state index >= 15 is 0 Å². The second kappa shape index (κ2) is 3.47. The van der Waals surface area contributed by atoms with Crippen LogP contribution in [-0.2, 0) is 0 Å². The van der Waals surface area contributed by atoms with Crippen molar-refractivity contribution < 1.29 is 0 Å². The average Bonchev–Trinajstić information content (AvgIpc) is 2.27. The lowest BCUT2D eigenvalue weighted by Crippen LogP contribution is -1.90. The summed E-state index contributed by atoms with van der Waals surface area (Å²) < 4.78 is 0. The average molecular weight is 182 g/mol. The standard InChI is InChI=1S/C12H10N2/c1-9(7-13)11-6-10-4-2-3-5-12(10)14-8-11/h2-6,8-9H,1H3/t9-/m1/s1. The van der Waals surface area contributed by atoms with Gasteiger partial charge in [-0.3, -0.25) is 4.98 Å². The lowest BCUT2D eigenvalue weighted by molar-refractivity contribution is 0.974. The van der Waals surface area contributed by atoms with E-state index < -0.39 is 0 Å². The van der Waals surface area contributed by atoms with Crippen LogP contribution in [0.4, 0.5) is 0 Å². The van der Waals surface area contributed by atoms with Crippen molar-refractivity contribution in [2.24, 2.45) is 0 Å². The van der Waals surface area contributed by atoms with Crippen LogP contribution in [0.5, 0.6) is 0 Å². The molecule has 2 nitrogen and oxygen atoms in total. The Balaban J connectivity index is 2.58. The third-order valence-electron chi connectivity index (χ3n) is 2.31. The summed E-state index contributed by atoms with van der Waals surface area (Å²) in [7, 11) is 0. The summed E-state index contributed by atoms with van der Waals surface area (Å²) in [6, 6.07) is 12.1. The fourth-order valence-electron chi connectivity index (χ4n) is 1.40. The molecule has 68 valence electrons. The van der Waals surface area contributed by atoms with E-state index in [1.165, 1.54) is 0 Å². The summed E-state index contributed by atoms with van der Waals surface area (Å²) in [5, 5.41) is 9.87. The van der Waals surface area contributed by atoms with Crippen LogP contribution in [0.1, 0.15) is 18.4 Å². The topological polar surface area (TPSA) is 36.7 Å². The highest BCUT2D eigenvalue weighted by Gasteiger charge is 2.04. The molecule has 0 radical (unpaired) electrons. The summed E-state index contributed by atoms with van der Waals surface area (Å²) in [5.41, 5.74) is 1.95. The van der Waals surface area contributed by atoms with Crippen LogP contribution >= 0.6 is 0 Å². The molecule has 0 saturated carbocycles. The molecular weight excluding hydrogens is 172 g/mol. The molecule has 1 atom stereocenters. The van der Waals surface area contributed by atoms with Crippen LogP contribution in [0.15, 0.2) is 36.5 Å². The lowest BCUT2D eigenvalue weighted by atomic mass is 10.0. The molecule has 0 aliphatic carbocycles. The van der Waals surface area contributed by atoms with Gasteiger partial charge in [0.25, 0.3) is 0 Å². The van der Waals surface area contributed by atoms with Crippen LogP contribution in [-0.4, -0.2) is 4.98 Å². The molecule has 0 aliphatic heterocycles. The predicted octanol–water partition coefficient (Wildman–Crippen LogP) is 2.86. The smallest absolute Gasteiger partial charge is 0.0702 e. The van der Waals surface area contributed by atoms with E-state index in [9.17, 15) is 0 Å². The number of fused-ring (bicyclic) bond motifs is 1. The van der Waals surface area contributed by atoms with Crippen LogP contribution in [0.2, 0.25) is 0 Å². The van der Waals surface area contributed by atoms with Crippen molar-refractivity contribution in [1.82, 2.24) is 4.98 Å². The highest BCUT2D eigenvalue weighted by atomic mass is 14.6. The molecule has 0 aliphatic rings. The van der Waals surface area contributed by atoms with Gasteiger partial charge in [0.15, 0.2) is 0 Å². The summed E-state index contributed by atoms with van der Waals surface area (Å²) in [5.74, 6) is -0.0906. The highest BCUT2D eigenvalue weighted by Crippen LogP contribution is 2.18. The van der Waals surface area contributed by atoms with Crippen molar-refractivity contribution in [2.75, 3.05) is 0 Å². The van der Waals surface area contributed by atoms with Crippen LogP contribution in [0.25, 0.3) is 10.9 Å². The molecule has 0 N–H and O–H groups in total. The summed E-state index contributed by atoms with van der Waals surface area (Å²) in [4.78, 5) is 4.30. The Morgan fingerprint density at radius 1 is 1.36 bits per heavy atom. The molecule has 0 fully saturated rings. The maximum absolute atomic E-state index is 8.78. The third kappa shape index (κ3) is 1.45. The zero-order chi connectivity index (χ0) is 9.97. The van der Waals surface area contributed by atoms with E-state index in [2.05, 4.69) is 11.1 Å². The van der Waals surface area contributed by atoms with Crippen molar-refractivity contribution in [1.29, 1.82) is 5.26 Å². The van der Waals surface area contributed by atoms with Gasteiger partial charge in [0.1, 0.15) is 0 Å². The molecule has 0 unspecified atom stereocenters. The minimum Gasteiger partial charge on any atom is -0.256 e. The molecule has 0 amide bonds. The first kappa shape index (κ1) is 8.71. The number of nitrogens with zero attached hydrogens (tertiary/aromatic N) is 2. The van der Waals surface area contributed by atoms with E-state index in [0.717, 1.165) is 16.5 Å². The quantitative estimate of drug-likeness (QED) is 0.680. The number of rotatable bonds is 1. The molecule has 0 saturated heterocycles. The van der Waals surface area contributed by atoms with Gasteiger partial charge in [-0.05, 0) is 24.6 Å². The van der Waals surface area contributed by atoms with Gasteiger partial charge in [-0.25, -0.2) is 0 Å². The van der Waals surface area contributed by atoms with E-state index in [4.69, 9.17) is 5.26 Å². The first-order chi connectivity index (χ1) is 6.81. The summed E-state index contributed by atoms with van der Waals surface area (Å²) >= 11 is 0. The molecular formula is C12H10N2. The largest absolute Gasteiger partial charge is 0.256 e. The molecule has 1 aromatic carbocycles. The van der Waals surface area contributed by atoms with Crippen molar-refractivity contribution in [3.05, 3.63) is 42.1 Å². The van der Waals surface area contributed by atoms with E-state index in [-0.39, 0.29) is 5.92 Å². The van der Waals surface area contributed by atoms with Crippen molar-refractivity contribution in [3.8, 4) is 6.07 Å². The summed E-state index contributed by atoms with van der Waals surface area (Å²) in [6.45, 7) is 1.88. The zero-order valence-electron chi connectivity index (χ0n) is 7.94. The molecule has 2 aromatic rings. The molecule has 2 heteroatoms. The minimum absolute atomic E-state index is 0.0906. The van der Waals surface area contributed by atoms with Crippen molar-refractivity contribution in [3.63, 3.8) is 0 Å². The number of aromatic nitrogens is 1. The highest BCUT2D eigenvalue weighted by molar-refractivity contribution is 5.78. The number of para-hydroxylation sites is 1. The van der Waals surface area contributed by atoms with E-state index in [1.807, 2.05) is 37.3 Å². The van der Waals surface area contributed by atoms with E-state index in [0.29, 0.717) is 0 Å². The molecule has 2 rings (SSSR count). The Morgan fingerprint density at radius 2 is 2.14 bits per heavy atom. The Morgan fingerprint density at radius 3 is 2.93 bits per heavy atom. The first-order valence-electron chi connectivity index (χ1n) is 4.55. The van der Waals surface area contributed by atoms with Crippen molar-refractivity contribution >= 4 is 10.9 Å². The second-order valence-electron chi connectivity index (χ2n) is 3.31. The van der Waals surface area contributed by atoms with Crippen LogP contribution in [0, 0.1) is 11.3 Å². The number of hydrogen-bond donors (Lipinski definition) is 0. The number of pyridine rings is 1. The first-order valence-corrected chi connectivity index (χ1v) is 4.55. The number of nitriles is 1. The maximum Gasteiger partial charge on any atom is 0.0702 e. The molecule has 1 heterocycles. The SMILES string of the molecule is C[C@H](C#N)c1cnc2ccccc2c1. The van der Waals surface area contributed by atoms with Gasteiger partial charge < -0.3 is 0 Å². The van der Waals surface area contributed by atoms with Gasteiger partial charge in [-0.15, -0.1) is 0 Å². The van der Waals surface area contributed by atoms with Gasteiger partial charge in [-0.1, -0.05) is 18.2 Å². The molecule has 0 spiro atoms. The lowest BCUT2D eigenvalue weighted by Gasteiger charge is -2.03. The summed E-state index contributed by atoms with van der Waals surface area (Å²) in [6.07, 6.45) is 1.77. The Labute approximate surface area is 82.8 Å². The Hall–Kier alpha value is -1.88. The monoisotopic (exact) mass is 182 g/mol. The van der Waals surface area contributed by atoms with Gasteiger partial charge in [0.2, 0.25) is 0 Å². The van der Waals surface area contributed by atoms with Gasteiger partial charge >= 0.3 is 0 Å². The normalized spacial score (nSPS) is 12.3. The number of hydrogen-bond acceptors (Lipinski definition) is 2. The number of benzene rings is 1. The molecule has 1 aromatic heterocycles. The fourth-order valence-corrected chi connectivity index (χ4v) is 1.40. The fraction of sp³-hybridized carbons (Fsp3) is 0.167. The molecule has 14 heavy (non-hydrogen) atoms.